The second-order valence-electron chi connectivity index (χ2n) is 6.14. The lowest BCUT2D eigenvalue weighted by molar-refractivity contribution is -0.134. The van der Waals surface area contributed by atoms with Crippen LogP contribution in [0, 0.1) is 5.92 Å². The predicted octanol–water partition coefficient (Wildman–Crippen LogP) is 1.80. The van der Waals surface area contributed by atoms with E-state index in [1.54, 1.807) is 0 Å². The molecular weight excluding hydrogens is 226 g/mol. The minimum absolute atomic E-state index is 0.120. The number of hydrogen-bond donors (Lipinski definition) is 2. The average molecular weight is 253 g/mol. The number of piperidine rings is 1. The van der Waals surface area contributed by atoms with Gasteiger partial charge in [0.05, 0.1) is 0 Å². The van der Waals surface area contributed by atoms with Crippen LogP contribution in [-0.2, 0) is 4.79 Å². The Balaban J connectivity index is 1.89. The molecule has 1 saturated heterocycles. The van der Waals surface area contributed by atoms with Crippen molar-refractivity contribution < 1.29 is 4.79 Å². The number of carbonyl (C=O) groups excluding carboxylic acids is 1. The number of amides is 1. The van der Waals surface area contributed by atoms with E-state index in [0.29, 0.717) is 12.1 Å². The van der Waals surface area contributed by atoms with E-state index in [-0.39, 0.29) is 17.9 Å². The smallest absolute Gasteiger partial charge is 0.237 e. The van der Waals surface area contributed by atoms with Crippen LogP contribution in [0.25, 0.3) is 0 Å². The Labute approximate surface area is 110 Å². The number of nitrogens with two attached hydrogens (primary N) is 1. The van der Waals surface area contributed by atoms with Crippen LogP contribution in [-0.4, -0.2) is 29.0 Å². The fraction of sp³-hybridized carbons (Fsp3) is 0.929. The summed E-state index contributed by atoms with van der Waals surface area (Å²) in [6.07, 6.45) is 7.62. The van der Waals surface area contributed by atoms with Crippen molar-refractivity contribution in [3.63, 3.8) is 0 Å². The van der Waals surface area contributed by atoms with Crippen molar-refractivity contribution in [3.8, 4) is 0 Å². The van der Waals surface area contributed by atoms with Gasteiger partial charge in [-0.3, -0.25) is 10.2 Å². The molecule has 1 heterocycles. The van der Waals surface area contributed by atoms with Crippen molar-refractivity contribution in [3.05, 3.63) is 0 Å². The standard InChI is InChI=1S/C14H27N3O/c1-10-5-3-6-11(2)17(10)16-14(18)12-7-4-8-13(15)9-12/h10-13H,3-9,15H2,1-2H3,(H,16,18). The Morgan fingerprint density at radius 1 is 1.11 bits per heavy atom. The molecule has 1 aliphatic heterocycles. The van der Waals surface area contributed by atoms with E-state index in [2.05, 4.69) is 24.3 Å². The highest BCUT2D eigenvalue weighted by atomic mass is 16.2. The Hall–Kier alpha value is -0.610. The summed E-state index contributed by atoms with van der Waals surface area (Å²) in [6, 6.07) is 1.12. The van der Waals surface area contributed by atoms with Crippen LogP contribution in [0.2, 0.25) is 0 Å². The molecule has 1 aliphatic carbocycles. The second-order valence-corrected chi connectivity index (χ2v) is 6.14. The van der Waals surface area contributed by atoms with E-state index < -0.39 is 0 Å². The minimum atomic E-state index is 0.120. The monoisotopic (exact) mass is 253 g/mol. The molecule has 0 spiro atoms. The molecule has 1 saturated carbocycles. The van der Waals surface area contributed by atoms with E-state index in [1.165, 1.54) is 19.3 Å². The fourth-order valence-corrected chi connectivity index (χ4v) is 3.33. The Morgan fingerprint density at radius 3 is 2.33 bits per heavy atom. The summed E-state index contributed by atoms with van der Waals surface area (Å²) in [5.41, 5.74) is 9.10. The van der Waals surface area contributed by atoms with Gasteiger partial charge in [0.2, 0.25) is 5.91 Å². The molecular formula is C14H27N3O. The number of nitrogens with one attached hydrogen (secondary N) is 1. The van der Waals surface area contributed by atoms with Crippen molar-refractivity contribution in [2.75, 3.05) is 0 Å². The molecule has 2 rings (SSSR count). The number of rotatable bonds is 2. The molecule has 0 bridgehead atoms. The quantitative estimate of drug-likeness (QED) is 0.789. The van der Waals surface area contributed by atoms with Crippen LogP contribution in [0.5, 0.6) is 0 Å². The molecule has 4 atom stereocenters. The lowest BCUT2D eigenvalue weighted by Gasteiger charge is -2.40. The SMILES string of the molecule is CC1CCCC(C)N1NC(=O)C1CCCC(N)C1. The van der Waals surface area contributed by atoms with Gasteiger partial charge < -0.3 is 5.73 Å². The first-order valence-corrected chi connectivity index (χ1v) is 7.42. The number of nitrogens with zero attached hydrogens (tertiary/aromatic N) is 1. The molecule has 104 valence electrons. The lowest BCUT2D eigenvalue weighted by Crippen LogP contribution is -2.55. The van der Waals surface area contributed by atoms with Crippen molar-refractivity contribution in [1.82, 2.24) is 10.4 Å². The summed E-state index contributed by atoms with van der Waals surface area (Å²) in [5, 5.41) is 2.16. The number of hydrogen-bond acceptors (Lipinski definition) is 3. The molecule has 0 radical (unpaired) electrons. The van der Waals surface area contributed by atoms with Crippen LogP contribution >= 0.6 is 0 Å². The molecule has 3 N–H and O–H groups in total. The highest BCUT2D eigenvalue weighted by molar-refractivity contribution is 5.78. The zero-order valence-corrected chi connectivity index (χ0v) is 11.7. The van der Waals surface area contributed by atoms with E-state index in [0.717, 1.165) is 25.7 Å². The van der Waals surface area contributed by atoms with Gasteiger partial charge in [0.15, 0.2) is 0 Å². The van der Waals surface area contributed by atoms with Crippen molar-refractivity contribution in [2.45, 2.75) is 76.9 Å². The zero-order valence-electron chi connectivity index (χ0n) is 11.7. The van der Waals surface area contributed by atoms with Gasteiger partial charge in [-0.15, -0.1) is 0 Å². The summed E-state index contributed by atoms with van der Waals surface area (Å²) >= 11 is 0. The first kappa shape index (κ1) is 13.8. The molecule has 0 aromatic heterocycles. The van der Waals surface area contributed by atoms with E-state index in [1.807, 2.05) is 0 Å². The number of hydrazine groups is 1. The maximum absolute atomic E-state index is 12.3. The normalized spacial score (nSPS) is 38.4. The van der Waals surface area contributed by atoms with Gasteiger partial charge in [-0.25, -0.2) is 5.01 Å². The first-order valence-electron chi connectivity index (χ1n) is 7.42. The van der Waals surface area contributed by atoms with Gasteiger partial charge in [-0.1, -0.05) is 12.8 Å². The molecule has 4 unspecified atom stereocenters. The largest absolute Gasteiger partial charge is 0.328 e. The van der Waals surface area contributed by atoms with Crippen LogP contribution in [0.15, 0.2) is 0 Å². The topological polar surface area (TPSA) is 58.4 Å². The van der Waals surface area contributed by atoms with Gasteiger partial charge >= 0.3 is 0 Å². The summed E-state index contributed by atoms with van der Waals surface area (Å²) in [7, 11) is 0. The van der Waals surface area contributed by atoms with E-state index in [9.17, 15) is 4.79 Å². The van der Waals surface area contributed by atoms with Crippen LogP contribution < -0.4 is 11.2 Å². The lowest BCUT2D eigenvalue weighted by atomic mass is 9.85. The molecule has 0 aromatic rings. The van der Waals surface area contributed by atoms with Crippen molar-refractivity contribution in [2.24, 2.45) is 11.7 Å². The third kappa shape index (κ3) is 3.23. The van der Waals surface area contributed by atoms with Crippen molar-refractivity contribution in [1.29, 1.82) is 0 Å². The molecule has 2 aliphatic rings. The zero-order chi connectivity index (χ0) is 13.1. The molecule has 4 heteroatoms. The van der Waals surface area contributed by atoms with E-state index in [4.69, 9.17) is 5.73 Å². The van der Waals surface area contributed by atoms with Gasteiger partial charge in [0.25, 0.3) is 0 Å². The first-order chi connectivity index (χ1) is 8.58. The summed E-state index contributed by atoms with van der Waals surface area (Å²) in [6.45, 7) is 4.39. The third-order valence-corrected chi connectivity index (χ3v) is 4.52. The third-order valence-electron chi connectivity index (χ3n) is 4.52. The van der Waals surface area contributed by atoms with Gasteiger partial charge in [0, 0.05) is 24.0 Å². The summed E-state index contributed by atoms with van der Waals surface area (Å²) in [5.74, 6) is 0.306. The van der Waals surface area contributed by atoms with Crippen LogP contribution in [0.1, 0.15) is 58.8 Å². The van der Waals surface area contributed by atoms with Gasteiger partial charge in [-0.2, -0.15) is 0 Å². The highest BCUT2D eigenvalue weighted by Gasteiger charge is 2.30. The fourth-order valence-electron chi connectivity index (χ4n) is 3.33. The molecule has 2 fully saturated rings. The Bertz CT molecular complexity index is 285. The predicted molar refractivity (Wildman–Crippen MR) is 72.7 cm³/mol. The average Bonchev–Trinajstić information content (AvgIpc) is 2.34. The van der Waals surface area contributed by atoms with Crippen LogP contribution in [0.4, 0.5) is 0 Å². The molecule has 1 amide bonds. The highest BCUT2D eigenvalue weighted by Crippen LogP contribution is 2.25. The molecule has 4 nitrogen and oxygen atoms in total. The molecule has 0 aromatic carbocycles. The second kappa shape index (κ2) is 6.02. The maximum atomic E-state index is 12.3. The van der Waals surface area contributed by atoms with Crippen LogP contribution in [0.3, 0.4) is 0 Å². The Morgan fingerprint density at radius 2 is 1.72 bits per heavy atom. The minimum Gasteiger partial charge on any atom is -0.328 e. The maximum Gasteiger partial charge on any atom is 0.237 e. The Kier molecular flexibility index (Phi) is 4.62. The number of carbonyl (C=O) groups is 1. The van der Waals surface area contributed by atoms with Gasteiger partial charge in [-0.05, 0) is 46.0 Å². The summed E-state index contributed by atoms with van der Waals surface area (Å²) in [4.78, 5) is 12.3. The van der Waals surface area contributed by atoms with Gasteiger partial charge in [0.1, 0.15) is 0 Å². The summed E-state index contributed by atoms with van der Waals surface area (Å²) < 4.78 is 0. The van der Waals surface area contributed by atoms with E-state index >= 15 is 0 Å². The van der Waals surface area contributed by atoms with Crippen molar-refractivity contribution >= 4 is 5.91 Å². The molecule has 18 heavy (non-hydrogen) atoms.